The number of fused-ring (bicyclic) bond motifs is 27. The molecule has 6 nitrogen and oxygen atoms in total. The topological polar surface area (TPSA) is 29.6 Å². The van der Waals surface area contributed by atoms with E-state index in [1.807, 2.05) is 200 Å². The summed E-state index contributed by atoms with van der Waals surface area (Å²) in [6, 6.07) is 135. The maximum Gasteiger partial charge on any atom is 0.0547 e. The summed E-state index contributed by atoms with van der Waals surface area (Å²) >= 11 is 5.75. The molecule has 0 fully saturated rings. The molecular formula is C141H156N6S3. The minimum atomic E-state index is 1.00. The van der Waals surface area contributed by atoms with Crippen LogP contribution in [0.5, 0.6) is 0 Å². The number of para-hydroxylation sites is 6. The van der Waals surface area contributed by atoms with Crippen molar-refractivity contribution in [1.29, 1.82) is 0 Å². The van der Waals surface area contributed by atoms with Crippen LogP contribution < -0.4 is 0 Å². The lowest BCUT2D eigenvalue weighted by atomic mass is 9.95. The molecule has 150 heavy (non-hydrogen) atoms. The van der Waals surface area contributed by atoms with E-state index in [0.29, 0.717) is 0 Å². The second-order valence-electron chi connectivity index (χ2n) is 33.8. The number of thiophene rings is 3. The van der Waals surface area contributed by atoms with Crippen LogP contribution in [0.3, 0.4) is 0 Å². The first-order chi connectivity index (χ1) is 74.1. The molecule has 0 amide bonds. The third-order valence-electron chi connectivity index (χ3n) is 27.3. The van der Waals surface area contributed by atoms with Crippen LogP contribution >= 0.6 is 34.0 Å². The first kappa shape index (κ1) is 113. The average Bonchev–Trinajstić information content (AvgIpc) is 1.55. The fourth-order valence-corrected chi connectivity index (χ4v) is 25.3. The lowest BCUT2D eigenvalue weighted by molar-refractivity contribution is 1.01. The van der Waals surface area contributed by atoms with Gasteiger partial charge in [-0.25, -0.2) is 0 Å². The molecule has 27 aromatic rings. The van der Waals surface area contributed by atoms with Crippen LogP contribution in [0.1, 0.15) is 204 Å². The Morgan fingerprint density at radius 2 is 0.400 bits per heavy atom. The Bertz CT molecular complexity index is 9240. The molecule has 0 saturated heterocycles. The summed E-state index contributed by atoms with van der Waals surface area (Å²) in [5.41, 5.74) is 30.6. The Kier molecular flexibility index (Phi) is 39.4. The Balaban J connectivity index is 0.000000170. The average molecular weight is 2030 g/mol. The van der Waals surface area contributed by atoms with Gasteiger partial charge in [-0.3, -0.25) is 0 Å². The van der Waals surface area contributed by atoms with Crippen molar-refractivity contribution >= 4 is 225 Å². The highest BCUT2D eigenvalue weighted by molar-refractivity contribution is 7.27. The summed E-state index contributed by atoms with van der Waals surface area (Å²) in [5.74, 6) is 0. The predicted molar refractivity (Wildman–Crippen MR) is 684 cm³/mol. The van der Waals surface area contributed by atoms with Crippen LogP contribution in [-0.2, 0) is 40.4 Å². The SMILES string of the molecule is CC.CC.CC.CC.CC.CC.CC.CC.CC.CC.CC.CC.CCc1cc(-n2c3ccccc3c3c(-c4ccc5c(c4)c4ccccc4n5C)cccc32)cc2c1sc1ccccc12.CCc1cc(-n2c3ccccc3c3c(-c4ccc5c6ccccc6n(C)c5c4)cccc32)cc2c1sc1ccccc12.CCc1cc(-n2c3ccccc3c3c(-c4cccc5c4c4ccccc4n5C)cccc32)cc2c1sc1ccccc12. The molecule has 0 N–H and O–H groups in total. The number of hydrogen-bond acceptors (Lipinski definition) is 3. The maximum atomic E-state index is 2.49. The zero-order valence-corrected chi connectivity index (χ0v) is 97.1. The minimum absolute atomic E-state index is 1.00. The first-order valence-corrected chi connectivity index (χ1v) is 58.4. The summed E-state index contributed by atoms with van der Waals surface area (Å²) in [6.45, 7) is 54.8. The molecule has 0 atom stereocenters. The largest absolute Gasteiger partial charge is 0.344 e. The third-order valence-corrected chi connectivity index (χ3v) is 31.1. The molecule has 0 spiro atoms. The molecule has 0 aliphatic carbocycles. The van der Waals surface area contributed by atoms with Crippen molar-refractivity contribution in [3.05, 3.63) is 381 Å². The second kappa shape index (κ2) is 52.5. The fourth-order valence-electron chi connectivity index (χ4n) is 21.5. The number of hydrogen-bond donors (Lipinski definition) is 0. The number of nitrogens with zero attached hydrogens (tertiary/aromatic N) is 6. The van der Waals surface area contributed by atoms with Crippen molar-refractivity contribution in [3.8, 4) is 50.4 Å². The molecule has 27 rings (SSSR count). The Morgan fingerprint density at radius 3 is 0.753 bits per heavy atom. The van der Waals surface area contributed by atoms with Crippen LogP contribution in [0, 0.1) is 0 Å². The lowest BCUT2D eigenvalue weighted by Crippen LogP contribution is -1.96. The molecule has 9 heteroatoms. The maximum absolute atomic E-state index is 2.49. The Morgan fingerprint density at radius 1 is 0.167 bits per heavy atom. The van der Waals surface area contributed by atoms with E-state index >= 15 is 0 Å². The molecule has 768 valence electrons. The van der Waals surface area contributed by atoms with Crippen LogP contribution in [0.2, 0.25) is 0 Å². The van der Waals surface area contributed by atoms with Gasteiger partial charge in [0.15, 0.2) is 0 Å². The first-order valence-electron chi connectivity index (χ1n) is 56.0. The molecule has 9 aromatic heterocycles. The van der Waals surface area contributed by atoms with E-state index in [-0.39, 0.29) is 0 Å². The van der Waals surface area contributed by atoms with Crippen molar-refractivity contribution < 1.29 is 0 Å². The van der Waals surface area contributed by atoms with Gasteiger partial charge in [-0.2, -0.15) is 0 Å². The van der Waals surface area contributed by atoms with Crippen molar-refractivity contribution in [2.24, 2.45) is 21.1 Å². The van der Waals surface area contributed by atoms with E-state index < -0.39 is 0 Å². The van der Waals surface area contributed by atoms with Gasteiger partial charge in [0.1, 0.15) is 0 Å². The van der Waals surface area contributed by atoms with Gasteiger partial charge < -0.3 is 27.4 Å². The van der Waals surface area contributed by atoms with Gasteiger partial charge in [0.25, 0.3) is 0 Å². The van der Waals surface area contributed by atoms with Gasteiger partial charge in [-0.05, 0) is 203 Å². The number of rotatable bonds is 9. The minimum Gasteiger partial charge on any atom is -0.344 e. The lowest BCUT2D eigenvalue weighted by Gasteiger charge is -2.12. The molecule has 18 aromatic carbocycles. The van der Waals surface area contributed by atoms with Gasteiger partial charge in [0.05, 0.1) is 33.1 Å². The summed E-state index contributed by atoms with van der Waals surface area (Å²) in [7, 11) is 6.52. The smallest absolute Gasteiger partial charge is 0.0547 e. The molecule has 9 heterocycles. The molecule has 0 aliphatic rings. The van der Waals surface area contributed by atoms with Crippen molar-refractivity contribution in [1.82, 2.24) is 27.4 Å². The normalized spacial score (nSPS) is 10.7. The van der Waals surface area contributed by atoms with E-state index in [1.165, 1.54) is 258 Å². The van der Waals surface area contributed by atoms with E-state index in [0.717, 1.165) is 19.3 Å². The highest BCUT2D eigenvalue weighted by atomic mass is 32.1. The number of aromatic nitrogens is 6. The molecular weight excluding hydrogens is 1870 g/mol. The van der Waals surface area contributed by atoms with Crippen molar-refractivity contribution in [2.75, 3.05) is 0 Å². The zero-order chi connectivity index (χ0) is 108. The van der Waals surface area contributed by atoms with Gasteiger partial charge in [0.2, 0.25) is 0 Å². The molecule has 0 aliphatic heterocycles. The number of aryl methyl sites for hydroxylation is 6. The van der Waals surface area contributed by atoms with E-state index in [1.54, 1.807) is 0 Å². The highest BCUT2D eigenvalue weighted by Crippen LogP contribution is 2.50. The van der Waals surface area contributed by atoms with Gasteiger partial charge >= 0.3 is 0 Å². The summed E-state index contributed by atoms with van der Waals surface area (Å²) < 4.78 is 22.7. The molecule has 0 saturated carbocycles. The van der Waals surface area contributed by atoms with E-state index in [2.05, 4.69) is 433 Å². The van der Waals surface area contributed by atoms with Gasteiger partial charge in [-0.15, -0.1) is 34.0 Å². The van der Waals surface area contributed by atoms with Crippen molar-refractivity contribution in [2.45, 2.75) is 206 Å². The zero-order valence-electron chi connectivity index (χ0n) is 94.7. The summed E-state index contributed by atoms with van der Waals surface area (Å²) in [4.78, 5) is 0. The molecule has 0 unspecified atom stereocenters. The Hall–Kier alpha value is -14.6. The quantitative estimate of drug-likeness (QED) is 0.138. The highest BCUT2D eigenvalue weighted by Gasteiger charge is 2.26. The number of benzene rings is 18. The standard InChI is InChI=1S/3C39H28N2S.12C2H6/c1-3-24-22-25(23-31-26-12-6-9-21-36(26)42-39(24)31)41-33-18-8-5-14-30(33)38-28(16-11-20-35(38)41)27-15-10-19-34-37(27)29-13-4-7-17-32(29)40(34)2;1-3-24-21-26(23-32-30-12-6-9-18-37(30)42-39(24)32)41-34-16-8-5-13-31(34)38-27(14-10-17-35(38)41)25-19-20-29-28-11-4-7-15-33(28)40(2)36(29)22-25;1-3-24-21-26(23-32-29-12-6-9-18-37(29)42-39(24)32)41-35-16-8-5-13-30(35)38-27(14-10-17-36(38)41)25-19-20-34-31(22-25)28-11-4-7-15-33(28)40(34)2;12*1-2/h3*4-23H,3H2,1-2H3;12*1-2H3. The second-order valence-corrected chi connectivity index (χ2v) is 37.0. The van der Waals surface area contributed by atoms with Gasteiger partial charge in [-0.1, -0.05) is 417 Å². The van der Waals surface area contributed by atoms with E-state index in [4.69, 9.17) is 0 Å². The van der Waals surface area contributed by atoms with Gasteiger partial charge in [0, 0.05) is 196 Å². The van der Waals surface area contributed by atoms with Crippen LogP contribution in [0.4, 0.5) is 0 Å². The fraction of sp³-hybridized carbons (Fsp3) is 0.234. The molecule has 0 bridgehead atoms. The Labute approximate surface area is 904 Å². The predicted octanol–water partition coefficient (Wildman–Crippen LogP) is 45.4. The molecule has 0 radical (unpaired) electrons. The van der Waals surface area contributed by atoms with Crippen LogP contribution in [0.25, 0.3) is 242 Å². The van der Waals surface area contributed by atoms with Crippen molar-refractivity contribution in [3.63, 3.8) is 0 Å². The van der Waals surface area contributed by atoms with Crippen LogP contribution in [-0.4, -0.2) is 27.4 Å². The van der Waals surface area contributed by atoms with E-state index in [9.17, 15) is 0 Å². The monoisotopic (exact) mass is 2030 g/mol. The summed E-state index contributed by atoms with van der Waals surface area (Å²) in [5, 5.41) is 23.7. The van der Waals surface area contributed by atoms with Crippen LogP contribution in [0.15, 0.2) is 364 Å². The summed E-state index contributed by atoms with van der Waals surface area (Å²) in [6.07, 6.45) is 3.01. The third kappa shape index (κ3) is 20.2.